The Labute approximate surface area is 169 Å². The van der Waals surface area contributed by atoms with Crippen molar-refractivity contribution in [3.05, 3.63) is 15.6 Å². The summed E-state index contributed by atoms with van der Waals surface area (Å²) in [6.07, 6.45) is -0.911. The summed E-state index contributed by atoms with van der Waals surface area (Å²) in [5.74, 6) is 0. The first-order chi connectivity index (χ1) is 13.1. The van der Waals surface area contributed by atoms with E-state index in [4.69, 9.17) is 23.7 Å². The van der Waals surface area contributed by atoms with E-state index in [1.807, 2.05) is 0 Å². The van der Waals surface area contributed by atoms with E-state index in [1.165, 1.54) is 21.3 Å². The second-order valence-electron chi connectivity index (χ2n) is 6.78. The first-order valence-electron chi connectivity index (χ1n) is 8.90. The van der Waals surface area contributed by atoms with Gasteiger partial charge in [-0.1, -0.05) is 14.9 Å². The van der Waals surface area contributed by atoms with E-state index in [2.05, 4.69) is 0 Å². The van der Waals surface area contributed by atoms with Gasteiger partial charge in [-0.2, -0.15) is 31.2 Å². The summed E-state index contributed by atoms with van der Waals surface area (Å²) in [4.78, 5) is -7.97. The molecular formula is C13H33N3O12Si. The van der Waals surface area contributed by atoms with Gasteiger partial charge in [0.2, 0.25) is 0 Å². The van der Waals surface area contributed by atoms with Gasteiger partial charge < -0.3 is 28.9 Å². The fourth-order valence-corrected chi connectivity index (χ4v) is 4.74. The van der Waals surface area contributed by atoms with Crippen LogP contribution >= 0.6 is 0 Å². The lowest BCUT2D eigenvalue weighted by Gasteiger charge is -2.36. The highest BCUT2D eigenvalue weighted by Crippen LogP contribution is 2.25. The van der Waals surface area contributed by atoms with Gasteiger partial charge in [-0.3, -0.25) is 0 Å². The molecular weight excluding hydrogens is 418 g/mol. The van der Waals surface area contributed by atoms with E-state index in [9.17, 15) is 36.5 Å². The molecule has 0 aromatic carbocycles. The van der Waals surface area contributed by atoms with E-state index in [1.54, 1.807) is 0 Å². The third kappa shape index (κ3) is 11.5. The zero-order valence-electron chi connectivity index (χ0n) is 16.8. The number of quaternary nitrogens is 3. The maximum Gasteiger partial charge on any atom is 0.500 e. The maximum atomic E-state index is 11.6. The van der Waals surface area contributed by atoms with Crippen LogP contribution in [0, 0.1) is 15.6 Å². The summed E-state index contributed by atoms with van der Waals surface area (Å²) >= 11 is 0. The molecule has 0 aliphatic rings. The molecule has 0 aliphatic carbocycles. The Hall–Kier alpha value is -0.383. The lowest BCUT2D eigenvalue weighted by atomic mass is 10.00. The highest BCUT2D eigenvalue weighted by atomic mass is 28.4. The molecule has 0 aliphatic heterocycles. The Balaban J connectivity index is 4.90. The van der Waals surface area contributed by atoms with Crippen LogP contribution in [0.5, 0.6) is 0 Å². The third-order valence-electron chi connectivity index (χ3n) is 4.72. The van der Waals surface area contributed by atoms with Crippen LogP contribution in [-0.2, 0) is 13.3 Å². The average molecular weight is 452 g/mol. The number of nitrogens with zero attached hydrogens (tertiary/aromatic N) is 3. The van der Waals surface area contributed by atoms with Crippen molar-refractivity contribution < 1.29 is 59.4 Å². The van der Waals surface area contributed by atoms with Gasteiger partial charge in [0.25, 0.3) is 0 Å². The van der Waals surface area contributed by atoms with Gasteiger partial charge in [0.1, 0.15) is 6.54 Å². The highest BCUT2D eigenvalue weighted by Gasteiger charge is 2.39. The molecule has 0 amide bonds. The lowest BCUT2D eigenvalue weighted by Crippen LogP contribution is -2.49. The summed E-state index contributed by atoms with van der Waals surface area (Å²) in [5, 5.41) is 88.5. The zero-order chi connectivity index (χ0) is 22.9. The van der Waals surface area contributed by atoms with Crippen molar-refractivity contribution in [1.29, 1.82) is 0 Å². The molecule has 0 spiro atoms. The molecule has 6 N–H and O–H groups in total. The number of hydrogen-bond donors (Lipinski definition) is 6. The van der Waals surface area contributed by atoms with E-state index >= 15 is 0 Å². The van der Waals surface area contributed by atoms with Crippen LogP contribution in [0.25, 0.3) is 0 Å². The molecule has 15 nitrogen and oxygen atoms in total. The number of hydrogen-bond acceptors (Lipinski definition) is 12. The molecule has 0 fully saturated rings. The summed E-state index contributed by atoms with van der Waals surface area (Å²) in [6, 6.07) is -2.51. The molecule has 176 valence electrons. The van der Waals surface area contributed by atoms with E-state index in [-0.39, 0.29) is 44.6 Å². The summed E-state index contributed by atoms with van der Waals surface area (Å²) in [7, 11) is 1.26. The quantitative estimate of drug-likeness (QED) is 0.111. The third-order valence-corrected chi connectivity index (χ3v) is 7.56. The van der Waals surface area contributed by atoms with Crippen molar-refractivity contribution in [3.8, 4) is 0 Å². The minimum atomic E-state index is -2.94. The largest absolute Gasteiger partial charge is 0.564 e. The minimum Gasteiger partial charge on any atom is -0.564 e. The molecule has 0 radical (unpaired) electrons. The normalized spacial score (nSPS) is 16.1. The topological polar surface area (TPSA) is 218 Å². The van der Waals surface area contributed by atoms with Gasteiger partial charge in [0.05, 0.1) is 0 Å². The SMILES string of the molecule is CO[Si](CCCC(CCC(CCC[N+]([O-])(O)O)[N+]([O-])(O)O)[N+]([O-])(O)O)(OC)OC. The first-order valence-corrected chi connectivity index (χ1v) is 10.8. The molecule has 16 heteroatoms. The fourth-order valence-electron chi connectivity index (χ4n) is 2.99. The molecule has 29 heavy (non-hydrogen) atoms. The zero-order valence-corrected chi connectivity index (χ0v) is 17.8. The molecule has 0 rings (SSSR count). The molecule has 0 saturated carbocycles. The second kappa shape index (κ2) is 11.9. The van der Waals surface area contributed by atoms with Gasteiger partial charge in [-0.25, -0.2) is 0 Å². The summed E-state index contributed by atoms with van der Waals surface area (Å²) in [6.45, 7) is -0.723. The molecule has 0 aromatic rings. The Morgan fingerprint density at radius 2 is 1.07 bits per heavy atom. The van der Waals surface area contributed by atoms with Gasteiger partial charge in [-0.15, -0.1) is 0 Å². The molecule has 0 heterocycles. The molecule has 2 atom stereocenters. The van der Waals surface area contributed by atoms with Crippen LogP contribution < -0.4 is 0 Å². The molecule has 0 saturated heterocycles. The van der Waals surface area contributed by atoms with Crippen molar-refractivity contribution in [2.24, 2.45) is 0 Å². The van der Waals surface area contributed by atoms with Gasteiger partial charge in [-0.05, 0) is 6.42 Å². The van der Waals surface area contributed by atoms with Gasteiger partial charge >= 0.3 is 8.80 Å². The fraction of sp³-hybridized carbons (Fsp3) is 1.00. The van der Waals surface area contributed by atoms with Gasteiger partial charge in [0, 0.05) is 59.5 Å². The first kappa shape index (κ1) is 28.6. The van der Waals surface area contributed by atoms with Gasteiger partial charge in [0.15, 0.2) is 12.1 Å². The van der Waals surface area contributed by atoms with E-state index < -0.39 is 42.4 Å². The summed E-state index contributed by atoms with van der Waals surface area (Å²) in [5.41, 5.74) is 0. The van der Waals surface area contributed by atoms with Crippen LogP contribution in [-0.4, -0.2) is 94.9 Å². The van der Waals surface area contributed by atoms with E-state index in [0.717, 1.165) is 0 Å². The molecule has 0 bridgehead atoms. The van der Waals surface area contributed by atoms with Crippen LogP contribution in [0.2, 0.25) is 6.04 Å². The average Bonchev–Trinajstić information content (AvgIpc) is 2.57. The maximum absolute atomic E-state index is 11.6. The Morgan fingerprint density at radius 1 is 0.690 bits per heavy atom. The molecule has 2 unspecified atom stereocenters. The Bertz CT molecular complexity index is 442. The minimum absolute atomic E-state index is 0.0302. The molecule has 0 aromatic heterocycles. The second-order valence-corrected chi connectivity index (χ2v) is 9.87. The van der Waals surface area contributed by atoms with Crippen molar-refractivity contribution in [3.63, 3.8) is 0 Å². The van der Waals surface area contributed by atoms with Crippen LogP contribution in [0.1, 0.15) is 38.5 Å². The standard InChI is InChI=1S/C13H33N3O12Si/c1-26-29(27-2,28-3)11-5-7-13(16(23,24)25)9-8-12(15(20,21)22)6-4-10-14(17,18)19/h12-13,17-18,20-21,23-24H,4-11H2,1-3H3. The van der Waals surface area contributed by atoms with E-state index in [0.29, 0.717) is 0 Å². The number of hydroxylamine groups is 9. The monoisotopic (exact) mass is 451 g/mol. The number of rotatable bonds is 16. The van der Waals surface area contributed by atoms with Crippen molar-refractivity contribution in [2.75, 3.05) is 27.9 Å². The van der Waals surface area contributed by atoms with Crippen molar-refractivity contribution in [1.82, 2.24) is 0 Å². The predicted octanol–water partition coefficient (Wildman–Crippen LogP) is 1.22. The van der Waals surface area contributed by atoms with Crippen molar-refractivity contribution >= 4 is 8.80 Å². The predicted molar refractivity (Wildman–Crippen MR) is 93.3 cm³/mol. The van der Waals surface area contributed by atoms with Crippen LogP contribution in [0.4, 0.5) is 0 Å². The smallest absolute Gasteiger partial charge is 0.500 e. The summed E-state index contributed by atoms with van der Waals surface area (Å²) < 4.78 is 15.7. The highest BCUT2D eigenvalue weighted by molar-refractivity contribution is 6.60. The van der Waals surface area contributed by atoms with Crippen molar-refractivity contribution in [2.45, 2.75) is 56.7 Å². The Kier molecular flexibility index (Phi) is 11.7. The Morgan fingerprint density at radius 3 is 1.38 bits per heavy atom. The van der Waals surface area contributed by atoms with Crippen LogP contribution in [0.3, 0.4) is 0 Å². The lowest BCUT2D eigenvalue weighted by molar-refractivity contribution is -1.23. The van der Waals surface area contributed by atoms with Crippen LogP contribution in [0.15, 0.2) is 0 Å².